The third-order valence-electron chi connectivity index (χ3n) is 1.72. The lowest BCUT2D eigenvalue weighted by Crippen LogP contribution is -2.24. The molecule has 0 saturated heterocycles. The summed E-state index contributed by atoms with van der Waals surface area (Å²) in [4.78, 5) is 11.2. The van der Waals surface area contributed by atoms with Gasteiger partial charge in [-0.3, -0.25) is 4.79 Å². The molecule has 0 aliphatic heterocycles. The predicted molar refractivity (Wildman–Crippen MR) is 56.5 cm³/mol. The molecular formula is C10H11BrFNO. The second-order valence-electron chi connectivity index (χ2n) is 2.88. The summed E-state index contributed by atoms with van der Waals surface area (Å²) in [6.45, 7) is 2.44. The van der Waals surface area contributed by atoms with E-state index >= 15 is 0 Å². The van der Waals surface area contributed by atoms with Crippen molar-refractivity contribution in [1.29, 1.82) is 0 Å². The smallest absolute Gasteiger partial charge is 0.224 e. The molecule has 1 aromatic carbocycles. The number of hydrogen-bond acceptors (Lipinski definition) is 1. The number of hydrogen-bond donors (Lipinski definition) is 1. The molecule has 0 atom stereocenters. The van der Waals surface area contributed by atoms with Crippen LogP contribution in [0.4, 0.5) is 4.39 Å². The number of halogens is 2. The quantitative estimate of drug-likeness (QED) is 0.887. The van der Waals surface area contributed by atoms with Gasteiger partial charge in [0.1, 0.15) is 5.82 Å². The molecular weight excluding hydrogens is 249 g/mol. The van der Waals surface area contributed by atoms with E-state index in [2.05, 4.69) is 21.2 Å². The maximum Gasteiger partial charge on any atom is 0.224 e. The van der Waals surface area contributed by atoms with Gasteiger partial charge in [-0.2, -0.15) is 0 Å². The topological polar surface area (TPSA) is 29.1 Å². The minimum Gasteiger partial charge on any atom is -0.356 e. The average molecular weight is 260 g/mol. The van der Waals surface area contributed by atoms with Crippen LogP contribution in [-0.4, -0.2) is 12.5 Å². The van der Waals surface area contributed by atoms with Crippen LogP contribution in [-0.2, 0) is 11.2 Å². The van der Waals surface area contributed by atoms with Gasteiger partial charge in [0.25, 0.3) is 0 Å². The highest BCUT2D eigenvalue weighted by atomic mass is 79.9. The number of rotatable bonds is 3. The Balaban J connectivity index is 2.68. The standard InChI is InChI=1S/C10H11BrFNO/c1-2-13-10(14)6-7-3-4-8(11)9(12)5-7/h3-5H,2,6H2,1H3,(H,13,14). The normalized spacial score (nSPS) is 9.93. The van der Waals surface area contributed by atoms with Crippen molar-refractivity contribution in [1.82, 2.24) is 5.32 Å². The Labute approximate surface area is 90.6 Å². The number of nitrogens with one attached hydrogen (secondary N) is 1. The van der Waals surface area contributed by atoms with E-state index in [-0.39, 0.29) is 18.1 Å². The summed E-state index contributed by atoms with van der Waals surface area (Å²) >= 11 is 3.05. The monoisotopic (exact) mass is 259 g/mol. The summed E-state index contributed by atoms with van der Waals surface area (Å²) in [5, 5.41) is 2.65. The Morgan fingerprint density at radius 2 is 2.29 bits per heavy atom. The van der Waals surface area contributed by atoms with Gasteiger partial charge in [-0.05, 0) is 40.5 Å². The first-order chi connectivity index (χ1) is 6.63. The number of carbonyl (C=O) groups excluding carboxylic acids is 1. The Hall–Kier alpha value is -0.900. The summed E-state index contributed by atoms with van der Waals surface area (Å²) in [5.41, 5.74) is 0.677. The molecule has 14 heavy (non-hydrogen) atoms. The molecule has 0 aliphatic rings. The highest BCUT2D eigenvalue weighted by molar-refractivity contribution is 9.10. The van der Waals surface area contributed by atoms with E-state index in [4.69, 9.17) is 0 Å². The van der Waals surface area contributed by atoms with Crippen LogP contribution in [0.15, 0.2) is 22.7 Å². The van der Waals surface area contributed by atoms with Crippen LogP contribution in [0, 0.1) is 5.82 Å². The molecule has 0 bridgehead atoms. The van der Waals surface area contributed by atoms with Crippen molar-refractivity contribution in [2.24, 2.45) is 0 Å². The first kappa shape index (κ1) is 11.2. The molecule has 0 unspecified atom stereocenters. The van der Waals surface area contributed by atoms with Crippen LogP contribution in [0.5, 0.6) is 0 Å². The molecule has 0 fully saturated rings. The Morgan fingerprint density at radius 3 is 2.86 bits per heavy atom. The molecule has 0 heterocycles. The van der Waals surface area contributed by atoms with Gasteiger partial charge in [-0.15, -0.1) is 0 Å². The predicted octanol–water partition coefficient (Wildman–Crippen LogP) is 2.27. The number of benzene rings is 1. The number of likely N-dealkylation sites (N-methyl/N-ethyl adjacent to an activating group) is 1. The maximum absolute atomic E-state index is 13.0. The fourth-order valence-corrected chi connectivity index (χ4v) is 1.34. The van der Waals surface area contributed by atoms with Crippen molar-refractivity contribution in [2.75, 3.05) is 6.54 Å². The lowest BCUT2D eigenvalue weighted by Gasteiger charge is -2.03. The summed E-state index contributed by atoms with van der Waals surface area (Å²) < 4.78 is 13.5. The van der Waals surface area contributed by atoms with Crippen molar-refractivity contribution >= 4 is 21.8 Å². The van der Waals surface area contributed by atoms with Gasteiger partial charge in [0.15, 0.2) is 0 Å². The summed E-state index contributed by atoms with van der Waals surface area (Å²) in [6, 6.07) is 4.69. The summed E-state index contributed by atoms with van der Waals surface area (Å²) in [6.07, 6.45) is 0.220. The van der Waals surface area contributed by atoms with Crippen LogP contribution in [0.1, 0.15) is 12.5 Å². The largest absolute Gasteiger partial charge is 0.356 e. The van der Waals surface area contributed by atoms with Crippen LogP contribution in [0.25, 0.3) is 0 Å². The van der Waals surface area contributed by atoms with Crippen molar-refractivity contribution in [3.8, 4) is 0 Å². The van der Waals surface area contributed by atoms with Crippen LogP contribution >= 0.6 is 15.9 Å². The van der Waals surface area contributed by atoms with E-state index in [0.717, 1.165) is 0 Å². The zero-order valence-corrected chi connectivity index (χ0v) is 9.40. The highest BCUT2D eigenvalue weighted by Gasteiger charge is 2.04. The molecule has 1 aromatic rings. The van der Waals surface area contributed by atoms with E-state index in [9.17, 15) is 9.18 Å². The fourth-order valence-electron chi connectivity index (χ4n) is 1.09. The first-order valence-corrected chi connectivity index (χ1v) is 5.13. The lowest BCUT2D eigenvalue weighted by molar-refractivity contribution is -0.120. The minimum atomic E-state index is -0.341. The molecule has 1 N–H and O–H groups in total. The van der Waals surface area contributed by atoms with E-state index in [0.29, 0.717) is 16.6 Å². The summed E-state index contributed by atoms with van der Waals surface area (Å²) in [7, 11) is 0. The third kappa shape index (κ3) is 3.10. The maximum atomic E-state index is 13.0. The van der Waals surface area contributed by atoms with Crippen molar-refractivity contribution in [3.05, 3.63) is 34.1 Å². The van der Waals surface area contributed by atoms with Crippen LogP contribution in [0.2, 0.25) is 0 Å². The zero-order chi connectivity index (χ0) is 10.6. The molecule has 1 amide bonds. The van der Waals surface area contributed by atoms with Crippen molar-refractivity contribution in [3.63, 3.8) is 0 Å². The molecule has 0 radical (unpaired) electrons. The van der Waals surface area contributed by atoms with Crippen molar-refractivity contribution < 1.29 is 9.18 Å². The van der Waals surface area contributed by atoms with Gasteiger partial charge in [0.2, 0.25) is 5.91 Å². The van der Waals surface area contributed by atoms with Crippen LogP contribution < -0.4 is 5.32 Å². The Bertz CT molecular complexity index is 341. The highest BCUT2D eigenvalue weighted by Crippen LogP contribution is 2.16. The number of amides is 1. The summed E-state index contributed by atoms with van der Waals surface area (Å²) in [5.74, 6) is -0.430. The first-order valence-electron chi connectivity index (χ1n) is 4.34. The van der Waals surface area contributed by atoms with E-state index in [1.54, 1.807) is 12.1 Å². The average Bonchev–Trinajstić information content (AvgIpc) is 2.12. The molecule has 0 spiro atoms. The van der Waals surface area contributed by atoms with E-state index in [1.807, 2.05) is 6.92 Å². The Morgan fingerprint density at radius 1 is 1.57 bits per heavy atom. The molecule has 1 rings (SSSR count). The van der Waals surface area contributed by atoms with E-state index in [1.165, 1.54) is 6.07 Å². The molecule has 76 valence electrons. The van der Waals surface area contributed by atoms with Gasteiger partial charge in [-0.25, -0.2) is 4.39 Å². The van der Waals surface area contributed by atoms with Gasteiger partial charge in [-0.1, -0.05) is 6.07 Å². The lowest BCUT2D eigenvalue weighted by atomic mass is 10.1. The molecule has 0 saturated carbocycles. The third-order valence-corrected chi connectivity index (χ3v) is 2.37. The molecule has 2 nitrogen and oxygen atoms in total. The minimum absolute atomic E-state index is 0.0887. The van der Waals surface area contributed by atoms with Gasteiger partial charge in [0.05, 0.1) is 10.9 Å². The fraction of sp³-hybridized carbons (Fsp3) is 0.300. The molecule has 4 heteroatoms. The van der Waals surface area contributed by atoms with Crippen molar-refractivity contribution in [2.45, 2.75) is 13.3 Å². The second kappa shape index (κ2) is 5.10. The van der Waals surface area contributed by atoms with Crippen LogP contribution in [0.3, 0.4) is 0 Å². The van der Waals surface area contributed by atoms with Gasteiger partial charge >= 0.3 is 0 Å². The molecule has 0 aromatic heterocycles. The SMILES string of the molecule is CCNC(=O)Cc1ccc(Br)c(F)c1. The number of carbonyl (C=O) groups is 1. The van der Waals surface area contributed by atoms with Gasteiger partial charge < -0.3 is 5.32 Å². The zero-order valence-electron chi connectivity index (χ0n) is 7.81. The van der Waals surface area contributed by atoms with E-state index < -0.39 is 0 Å². The Kier molecular flexibility index (Phi) is 4.07. The molecule has 0 aliphatic carbocycles. The van der Waals surface area contributed by atoms with Gasteiger partial charge in [0, 0.05) is 6.54 Å². The second-order valence-corrected chi connectivity index (χ2v) is 3.73.